The molecule has 2 saturated carbocycles. The van der Waals surface area contributed by atoms with Crippen LogP contribution in [0, 0.1) is 0 Å². The first kappa shape index (κ1) is 19.5. The largest absolute Gasteiger partial charge is 0.376 e. The fraction of sp³-hybridized carbons (Fsp3) is 0.500. The van der Waals surface area contributed by atoms with Crippen LogP contribution in [0.5, 0.6) is 0 Å². The van der Waals surface area contributed by atoms with Crippen LogP contribution in [0.1, 0.15) is 73.3 Å². The molecule has 0 saturated heterocycles. The second kappa shape index (κ2) is 8.68. The number of amides is 1. The second-order valence-electron chi connectivity index (χ2n) is 8.22. The molecule has 2 aromatic rings. The van der Waals surface area contributed by atoms with E-state index in [1.54, 1.807) is 0 Å². The molecule has 7 heteroatoms. The van der Waals surface area contributed by atoms with Crippen LogP contribution in [0.3, 0.4) is 0 Å². The van der Waals surface area contributed by atoms with Gasteiger partial charge in [-0.1, -0.05) is 43.2 Å². The van der Waals surface area contributed by atoms with Crippen molar-refractivity contribution in [3.63, 3.8) is 0 Å². The first-order valence-electron chi connectivity index (χ1n) is 10.6. The Hall–Kier alpha value is -2.83. The Labute approximate surface area is 169 Å². The number of aromatic nitrogens is 2. The number of hydrogen-bond acceptors (Lipinski definition) is 4. The van der Waals surface area contributed by atoms with Gasteiger partial charge in [-0.05, 0) is 50.0 Å². The van der Waals surface area contributed by atoms with Crippen LogP contribution in [-0.4, -0.2) is 28.0 Å². The maximum Gasteiger partial charge on any atom is 0.326 e. The summed E-state index contributed by atoms with van der Waals surface area (Å²) in [7, 11) is 0. The quantitative estimate of drug-likeness (QED) is 0.623. The number of aromatic amines is 2. The van der Waals surface area contributed by atoms with Crippen molar-refractivity contribution in [3.05, 3.63) is 62.4 Å². The SMILES string of the molecule is O=C(NC1CCC(c2ccccc2)CC1)c1[nH]c(=O)[nH]c(=O)c1NC1CCCC1. The van der Waals surface area contributed by atoms with Crippen molar-refractivity contribution in [3.8, 4) is 0 Å². The van der Waals surface area contributed by atoms with Gasteiger partial charge in [-0.25, -0.2) is 4.79 Å². The highest BCUT2D eigenvalue weighted by atomic mass is 16.2. The van der Waals surface area contributed by atoms with Crippen LogP contribution in [-0.2, 0) is 0 Å². The summed E-state index contributed by atoms with van der Waals surface area (Å²) in [6, 6.07) is 10.7. The Morgan fingerprint density at radius 1 is 0.862 bits per heavy atom. The van der Waals surface area contributed by atoms with E-state index < -0.39 is 17.2 Å². The summed E-state index contributed by atoms with van der Waals surface area (Å²) >= 11 is 0. The molecule has 2 aliphatic carbocycles. The molecule has 1 aromatic carbocycles. The summed E-state index contributed by atoms with van der Waals surface area (Å²) in [4.78, 5) is 41.8. The van der Waals surface area contributed by atoms with Crippen molar-refractivity contribution >= 4 is 11.6 Å². The van der Waals surface area contributed by atoms with Gasteiger partial charge in [-0.3, -0.25) is 14.6 Å². The van der Waals surface area contributed by atoms with E-state index in [0.717, 1.165) is 51.4 Å². The van der Waals surface area contributed by atoms with E-state index in [1.807, 2.05) is 6.07 Å². The van der Waals surface area contributed by atoms with Crippen molar-refractivity contribution in [2.24, 2.45) is 0 Å². The van der Waals surface area contributed by atoms with Crippen LogP contribution in [0.4, 0.5) is 5.69 Å². The van der Waals surface area contributed by atoms with Gasteiger partial charge in [0, 0.05) is 12.1 Å². The Bertz CT molecular complexity index is 952. The van der Waals surface area contributed by atoms with E-state index in [2.05, 4.69) is 44.9 Å². The Morgan fingerprint density at radius 2 is 1.55 bits per heavy atom. The van der Waals surface area contributed by atoms with Crippen molar-refractivity contribution < 1.29 is 4.79 Å². The average Bonchev–Trinajstić information content (AvgIpc) is 3.24. The molecule has 2 aliphatic rings. The van der Waals surface area contributed by atoms with Gasteiger partial charge in [-0.2, -0.15) is 0 Å². The molecule has 0 radical (unpaired) electrons. The fourth-order valence-corrected chi connectivity index (χ4v) is 4.62. The van der Waals surface area contributed by atoms with Gasteiger partial charge >= 0.3 is 5.69 Å². The van der Waals surface area contributed by atoms with Gasteiger partial charge in [0.1, 0.15) is 11.4 Å². The molecule has 0 unspecified atom stereocenters. The lowest BCUT2D eigenvalue weighted by atomic mass is 9.82. The Morgan fingerprint density at radius 3 is 2.24 bits per heavy atom. The van der Waals surface area contributed by atoms with Gasteiger partial charge in [0.25, 0.3) is 11.5 Å². The van der Waals surface area contributed by atoms with E-state index in [0.29, 0.717) is 5.92 Å². The number of anilines is 1. The summed E-state index contributed by atoms with van der Waals surface area (Å²) in [5.41, 5.74) is 0.352. The van der Waals surface area contributed by atoms with Crippen LogP contribution < -0.4 is 21.9 Å². The van der Waals surface area contributed by atoms with Crippen molar-refractivity contribution in [1.29, 1.82) is 0 Å². The van der Waals surface area contributed by atoms with E-state index in [-0.39, 0.29) is 23.5 Å². The van der Waals surface area contributed by atoms with Crippen LogP contribution >= 0.6 is 0 Å². The van der Waals surface area contributed by atoms with Crippen LogP contribution in [0.15, 0.2) is 39.9 Å². The van der Waals surface area contributed by atoms with E-state index in [9.17, 15) is 14.4 Å². The number of rotatable bonds is 5. The maximum atomic E-state index is 12.9. The highest BCUT2D eigenvalue weighted by Crippen LogP contribution is 2.32. The molecule has 0 atom stereocenters. The maximum absolute atomic E-state index is 12.9. The Kier molecular flexibility index (Phi) is 5.83. The normalized spacial score (nSPS) is 22.3. The zero-order chi connectivity index (χ0) is 20.2. The molecular formula is C22H28N4O3. The average molecular weight is 396 g/mol. The number of carbonyl (C=O) groups excluding carboxylic acids is 1. The number of hydrogen-bond donors (Lipinski definition) is 4. The van der Waals surface area contributed by atoms with Gasteiger partial charge in [0.15, 0.2) is 0 Å². The van der Waals surface area contributed by atoms with Crippen molar-refractivity contribution in [1.82, 2.24) is 15.3 Å². The predicted octanol–water partition coefficient (Wildman–Crippen LogP) is 2.87. The number of H-pyrrole nitrogens is 2. The fourth-order valence-electron chi connectivity index (χ4n) is 4.62. The summed E-state index contributed by atoms with van der Waals surface area (Å²) in [5, 5.41) is 6.20. The van der Waals surface area contributed by atoms with Crippen molar-refractivity contribution in [2.75, 3.05) is 5.32 Å². The third kappa shape index (κ3) is 4.60. The number of carbonyl (C=O) groups is 1. The first-order chi connectivity index (χ1) is 14.1. The van der Waals surface area contributed by atoms with Gasteiger partial charge < -0.3 is 15.6 Å². The predicted molar refractivity (Wildman–Crippen MR) is 112 cm³/mol. The van der Waals surface area contributed by atoms with E-state index in [1.165, 1.54) is 5.56 Å². The zero-order valence-corrected chi connectivity index (χ0v) is 16.5. The molecule has 4 rings (SSSR count). The third-order valence-electron chi connectivity index (χ3n) is 6.21. The Balaban J connectivity index is 1.43. The standard InChI is InChI=1S/C22H28N4O3/c27-20(24-17-12-10-15(11-13-17)14-6-2-1-3-7-14)19-18(21(28)26-22(29)25-19)23-16-8-4-5-9-16/h1-3,6-7,15-17,23H,4-5,8-13H2,(H,24,27)(H2,25,26,28,29). The van der Waals surface area contributed by atoms with Crippen molar-refractivity contribution in [2.45, 2.75) is 69.4 Å². The molecule has 0 bridgehead atoms. The van der Waals surface area contributed by atoms with E-state index in [4.69, 9.17) is 0 Å². The van der Waals surface area contributed by atoms with Gasteiger partial charge in [0.05, 0.1) is 0 Å². The molecule has 1 aromatic heterocycles. The molecule has 154 valence electrons. The van der Waals surface area contributed by atoms with Gasteiger partial charge in [-0.15, -0.1) is 0 Å². The molecule has 4 N–H and O–H groups in total. The minimum Gasteiger partial charge on any atom is -0.376 e. The molecule has 1 amide bonds. The first-order valence-corrected chi connectivity index (χ1v) is 10.6. The third-order valence-corrected chi connectivity index (χ3v) is 6.21. The minimum absolute atomic E-state index is 0.0378. The highest BCUT2D eigenvalue weighted by Gasteiger charge is 2.26. The molecule has 1 heterocycles. The minimum atomic E-state index is -0.662. The summed E-state index contributed by atoms with van der Waals surface area (Å²) < 4.78 is 0. The zero-order valence-electron chi connectivity index (χ0n) is 16.5. The number of nitrogens with one attached hydrogen (secondary N) is 4. The molecule has 29 heavy (non-hydrogen) atoms. The molecular weight excluding hydrogens is 368 g/mol. The highest BCUT2D eigenvalue weighted by molar-refractivity contribution is 5.97. The molecule has 0 spiro atoms. The lowest BCUT2D eigenvalue weighted by molar-refractivity contribution is 0.0921. The second-order valence-corrected chi connectivity index (χ2v) is 8.22. The summed E-state index contributed by atoms with van der Waals surface area (Å²) in [6.07, 6.45) is 7.90. The molecule has 2 fully saturated rings. The van der Waals surface area contributed by atoms with Crippen LogP contribution in [0.2, 0.25) is 0 Å². The van der Waals surface area contributed by atoms with Crippen LogP contribution in [0.25, 0.3) is 0 Å². The van der Waals surface area contributed by atoms with Gasteiger partial charge in [0.2, 0.25) is 0 Å². The molecule has 0 aliphatic heterocycles. The lowest BCUT2D eigenvalue weighted by Gasteiger charge is -2.29. The number of benzene rings is 1. The lowest BCUT2D eigenvalue weighted by Crippen LogP contribution is -2.41. The molecule has 7 nitrogen and oxygen atoms in total. The smallest absolute Gasteiger partial charge is 0.326 e. The monoisotopic (exact) mass is 396 g/mol. The topological polar surface area (TPSA) is 107 Å². The summed E-state index contributed by atoms with van der Waals surface area (Å²) in [5.74, 6) is 0.125. The summed E-state index contributed by atoms with van der Waals surface area (Å²) in [6.45, 7) is 0. The van der Waals surface area contributed by atoms with E-state index >= 15 is 0 Å².